The van der Waals surface area contributed by atoms with E-state index in [9.17, 15) is 4.21 Å². The SMILES string of the molecule is O=S(Cc1cc(OCC2COC3(CCOCC3)OC2)ccn1)c1nc2ccccc2[nH]1.[H-].[Na+]. The monoisotopic (exact) mass is 467 g/mol. The molecule has 1 spiro atoms. The van der Waals surface area contributed by atoms with E-state index in [4.69, 9.17) is 18.9 Å². The Morgan fingerprint density at radius 1 is 1.19 bits per heavy atom. The van der Waals surface area contributed by atoms with Gasteiger partial charge in [0.2, 0.25) is 0 Å². The second-order valence-corrected chi connectivity index (χ2v) is 9.22. The second kappa shape index (κ2) is 10.7. The van der Waals surface area contributed by atoms with Crippen LogP contribution < -0.4 is 34.3 Å². The first-order valence-corrected chi connectivity index (χ1v) is 11.8. The summed E-state index contributed by atoms with van der Waals surface area (Å²) in [5.41, 5.74) is 2.36. The molecule has 0 aliphatic carbocycles. The van der Waals surface area contributed by atoms with Crippen LogP contribution in [0.15, 0.2) is 47.8 Å². The average molecular weight is 468 g/mol. The molecule has 0 bridgehead atoms. The molecular weight excluding hydrogens is 441 g/mol. The van der Waals surface area contributed by atoms with Crippen LogP contribution in [0.5, 0.6) is 5.75 Å². The fourth-order valence-corrected chi connectivity index (χ4v) is 4.76. The summed E-state index contributed by atoms with van der Waals surface area (Å²) in [6, 6.07) is 11.3. The molecule has 1 aromatic carbocycles. The van der Waals surface area contributed by atoms with Crippen LogP contribution in [0.25, 0.3) is 11.0 Å². The number of hydrogen-bond donors (Lipinski definition) is 1. The fraction of sp³-hybridized carbons (Fsp3) is 0.455. The van der Waals surface area contributed by atoms with Gasteiger partial charge in [-0.1, -0.05) is 12.1 Å². The number of nitrogens with one attached hydrogen (secondary N) is 1. The molecule has 2 saturated heterocycles. The topological polar surface area (TPSA) is 95.6 Å². The smallest absolute Gasteiger partial charge is 1.00 e. The number of rotatable bonds is 6. The number of benzene rings is 1. The maximum Gasteiger partial charge on any atom is 1.00 e. The van der Waals surface area contributed by atoms with E-state index in [2.05, 4.69) is 15.0 Å². The molecule has 0 radical (unpaired) electrons. The largest absolute Gasteiger partial charge is 1.00 e. The van der Waals surface area contributed by atoms with Gasteiger partial charge in [-0.25, -0.2) is 4.98 Å². The van der Waals surface area contributed by atoms with E-state index >= 15 is 0 Å². The maximum atomic E-state index is 12.7. The van der Waals surface area contributed by atoms with Crippen molar-refractivity contribution in [1.29, 1.82) is 0 Å². The molecule has 166 valence electrons. The minimum Gasteiger partial charge on any atom is -1.00 e. The summed E-state index contributed by atoms with van der Waals surface area (Å²) in [6.45, 7) is 3.05. The Balaban J connectivity index is 0.00000153. The van der Waals surface area contributed by atoms with Gasteiger partial charge in [0.15, 0.2) is 10.9 Å². The molecule has 2 aromatic heterocycles. The molecule has 4 heterocycles. The van der Waals surface area contributed by atoms with Crippen LogP contribution in [0.3, 0.4) is 0 Å². The quantitative estimate of drug-likeness (QED) is 0.507. The number of pyridine rings is 1. The van der Waals surface area contributed by atoms with Crippen LogP contribution in [-0.2, 0) is 30.8 Å². The van der Waals surface area contributed by atoms with Crippen LogP contribution >= 0.6 is 0 Å². The zero-order valence-corrected chi connectivity index (χ0v) is 20.9. The first kappa shape index (κ1) is 23.8. The predicted octanol–water partition coefficient (Wildman–Crippen LogP) is -0.0693. The standard InChI is InChI=1S/C22H25N3O5S.Na.H/c26-31(21-24-19-3-1-2-4-20(19)25-21)15-17-11-18(5-8-23-17)28-12-16-13-29-22(30-14-16)6-9-27-10-7-22;;/h1-5,8,11,16H,6-7,9-10,12-15H2,(H,24,25);;/q;+1;-1. The summed E-state index contributed by atoms with van der Waals surface area (Å²) in [5, 5.41) is 0.452. The van der Waals surface area contributed by atoms with Crippen LogP contribution in [0.1, 0.15) is 20.0 Å². The summed E-state index contributed by atoms with van der Waals surface area (Å²) in [7, 11) is -1.32. The molecule has 1 unspecified atom stereocenters. The van der Waals surface area contributed by atoms with E-state index in [1.165, 1.54) is 0 Å². The van der Waals surface area contributed by atoms with Crippen LogP contribution in [0.2, 0.25) is 0 Å². The molecule has 2 fully saturated rings. The zero-order chi connectivity index (χ0) is 21.1. The van der Waals surface area contributed by atoms with Crippen molar-refractivity contribution in [2.45, 2.75) is 29.5 Å². The van der Waals surface area contributed by atoms with E-state index in [0.717, 1.165) is 23.9 Å². The third-order valence-corrected chi connectivity index (χ3v) is 6.74. The number of nitrogens with zero attached hydrogens (tertiary/aromatic N) is 2. The normalized spacial score (nSPS) is 19.5. The fourth-order valence-electron chi connectivity index (χ4n) is 3.78. The van der Waals surface area contributed by atoms with Crippen LogP contribution in [-0.4, -0.2) is 58.0 Å². The second-order valence-electron chi connectivity index (χ2n) is 7.85. The third kappa shape index (κ3) is 5.59. The Labute approximate surface area is 212 Å². The van der Waals surface area contributed by atoms with Gasteiger partial charge in [0.05, 0.1) is 66.3 Å². The van der Waals surface area contributed by atoms with E-state index in [0.29, 0.717) is 49.6 Å². The van der Waals surface area contributed by atoms with Crippen LogP contribution in [0.4, 0.5) is 0 Å². The maximum absolute atomic E-state index is 12.7. The van der Waals surface area contributed by atoms with Crippen molar-refractivity contribution in [3.63, 3.8) is 0 Å². The zero-order valence-electron chi connectivity index (χ0n) is 19.1. The van der Waals surface area contributed by atoms with E-state index in [1.54, 1.807) is 12.3 Å². The van der Waals surface area contributed by atoms with Gasteiger partial charge in [-0.3, -0.25) is 9.19 Å². The number of imidazole rings is 1. The van der Waals surface area contributed by atoms with Crippen molar-refractivity contribution < 1.29 is 54.1 Å². The molecule has 1 atom stereocenters. The Hall–Kier alpha value is -1.33. The molecule has 0 amide bonds. The van der Waals surface area contributed by atoms with Gasteiger partial charge in [-0.05, 0) is 18.2 Å². The van der Waals surface area contributed by atoms with E-state index in [-0.39, 0.29) is 42.7 Å². The number of aromatic amines is 1. The molecule has 32 heavy (non-hydrogen) atoms. The summed E-state index contributed by atoms with van der Waals surface area (Å²) in [6.07, 6.45) is 3.22. The van der Waals surface area contributed by atoms with Crippen molar-refractivity contribution in [1.82, 2.24) is 15.0 Å². The molecule has 2 aliphatic heterocycles. The minimum atomic E-state index is -1.32. The Bertz CT molecular complexity index is 1040. The summed E-state index contributed by atoms with van der Waals surface area (Å²) in [5.74, 6) is 0.643. The molecule has 10 heteroatoms. The molecule has 2 aliphatic rings. The van der Waals surface area contributed by atoms with Gasteiger partial charge in [0.1, 0.15) is 5.75 Å². The van der Waals surface area contributed by atoms with Gasteiger partial charge < -0.3 is 25.4 Å². The number of ether oxygens (including phenoxy) is 4. The van der Waals surface area contributed by atoms with E-state index < -0.39 is 16.6 Å². The Kier molecular flexibility index (Phi) is 7.99. The summed E-state index contributed by atoms with van der Waals surface area (Å²) >= 11 is 0. The summed E-state index contributed by atoms with van der Waals surface area (Å²) in [4.78, 5) is 11.9. The van der Waals surface area contributed by atoms with Gasteiger partial charge in [-0.2, -0.15) is 0 Å². The number of H-pyrrole nitrogens is 1. The number of aromatic nitrogens is 3. The van der Waals surface area contributed by atoms with Gasteiger partial charge in [0.25, 0.3) is 0 Å². The van der Waals surface area contributed by atoms with Gasteiger partial charge in [-0.15, -0.1) is 0 Å². The van der Waals surface area contributed by atoms with Crippen molar-refractivity contribution >= 4 is 21.8 Å². The molecule has 8 nitrogen and oxygen atoms in total. The average Bonchev–Trinajstić information content (AvgIpc) is 3.24. The minimum absolute atomic E-state index is 0. The number of para-hydroxylation sites is 2. The molecule has 5 rings (SSSR count). The number of hydrogen-bond acceptors (Lipinski definition) is 7. The van der Waals surface area contributed by atoms with Crippen molar-refractivity contribution in [3.8, 4) is 5.75 Å². The van der Waals surface area contributed by atoms with Crippen LogP contribution in [0, 0.1) is 5.92 Å². The first-order valence-electron chi connectivity index (χ1n) is 10.5. The third-order valence-electron chi connectivity index (χ3n) is 5.55. The Morgan fingerprint density at radius 2 is 1.97 bits per heavy atom. The number of fused-ring (bicyclic) bond motifs is 1. The van der Waals surface area contributed by atoms with Crippen molar-refractivity contribution in [2.24, 2.45) is 5.92 Å². The first-order chi connectivity index (χ1) is 15.2. The van der Waals surface area contributed by atoms with E-state index in [1.807, 2.05) is 30.3 Å². The van der Waals surface area contributed by atoms with Crippen molar-refractivity contribution in [3.05, 3.63) is 48.3 Å². The molecule has 3 aromatic rings. The predicted molar refractivity (Wildman–Crippen MR) is 115 cm³/mol. The molecule has 1 N–H and O–H groups in total. The van der Waals surface area contributed by atoms with Gasteiger partial charge >= 0.3 is 29.6 Å². The molecular formula is C22H26N3NaO5S. The van der Waals surface area contributed by atoms with Gasteiger partial charge in [0, 0.05) is 31.0 Å². The van der Waals surface area contributed by atoms with Crippen molar-refractivity contribution in [2.75, 3.05) is 33.0 Å². The Morgan fingerprint density at radius 3 is 2.75 bits per heavy atom. The molecule has 0 saturated carbocycles. The summed E-state index contributed by atoms with van der Waals surface area (Å²) < 4.78 is 36.1.